The van der Waals surface area contributed by atoms with E-state index in [0.717, 1.165) is 88.0 Å². The van der Waals surface area contributed by atoms with Crippen LogP contribution in [0, 0.1) is 0 Å². The van der Waals surface area contributed by atoms with E-state index in [-0.39, 0.29) is 33.8 Å². The van der Waals surface area contributed by atoms with Crippen LogP contribution in [0.3, 0.4) is 0 Å². The molecule has 7 rings (SSSR count). The molecule has 0 unspecified atom stereocenters. The van der Waals surface area contributed by atoms with Crippen LogP contribution in [0.5, 0.6) is 23.0 Å². The summed E-state index contributed by atoms with van der Waals surface area (Å²) in [6, 6.07) is 6.54. The maximum Gasteiger partial charge on any atom is 0.157 e. The van der Waals surface area contributed by atoms with Crippen LogP contribution in [0.25, 0.3) is 0 Å². The Hall–Kier alpha value is -2.52. The summed E-state index contributed by atoms with van der Waals surface area (Å²) < 4.78 is 19.8. The molecule has 186 valence electrons. The zero-order valence-electron chi connectivity index (χ0n) is 19.8. The molecule has 0 aromatic heterocycles. The molecule has 2 heterocycles. The van der Waals surface area contributed by atoms with Gasteiger partial charge in [0.1, 0.15) is 0 Å². The summed E-state index contributed by atoms with van der Waals surface area (Å²) in [5.74, 6) is -0.497. The van der Waals surface area contributed by atoms with E-state index in [2.05, 4.69) is 13.8 Å². The van der Waals surface area contributed by atoms with Crippen LogP contribution in [0.4, 0.5) is 0 Å². The standard InChI is InChI=1S/C18H18O4.2C4H8O2/c1-17-3-4-18(2,11-7-15(21)13(19)5-9(11)17)12-8-16(22)14(20)6-10(12)17;2*1-2-6-4-3-5-1/h5-8,19-22H,3-4H2,1-2H3;2*1-4H2. The first-order valence-electron chi connectivity index (χ1n) is 11.7. The summed E-state index contributed by atoms with van der Waals surface area (Å²) in [7, 11) is 0. The first-order valence-corrected chi connectivity index (χ1v) is 11.7. The van der Waals surface area contributed by atoms with Crippen molar-refractivity contribution < 1.29 is 39.4 Å². The first kappa shape index (κ1) is 24.6. The van der Waals surface area contributed by atoms with E-state index in [1.807, 2.05) is 0 Å². The topological polar surface area (TPSA) is 118 Å². The molecule has 2 aromatic carbocycles. The number of fused-ring (bicyclic) bond motifs is 1. The summed E-state index contributed by atoms with van der Waals surface area (Å²) in [6.07, 6.45) is 1.77. The third-order valence-corrected chi connectivity index (χ3v) is 7.22. The Kier molecular flexibility index (Phi) is 7.23. The molecule has 2 bridgehead atoms. The number of aromatic hydroxyl groups is 4. The number of rotatable bonds is 0. The van der Waals surface area contributed by atoms with Crippen molar-refractivity contribution in [2.24, 2.45) is 0 Å². The van der Waals surface area contributed by atoms with Crippen LogP contribution >= 0.6 is 0 Å². The summed E-state index contributed by atoms with van der Waals surface area (Å²) in [5.41, 5.74) is 3.23. The molecule has 2 aliphatic heterocycles. The monoisotopic (exact) mass is 474 g/mol. The highest BCUT2D eigenvalue weighted by Crippen LogP contribution is 2.61. The molecule has 4 N–H and O–H groups in total. The van der Waals surface area contributed by atoms with Crippen molar-refractivity contribution >= 4 is 0 Å². The molecule has 2 aromatic rings. The second-order valence-electron chi connectivity index (χ2n) is 9.39. The first-order chi connectivity index (χ1) is 16.3. The molecule has 3 aliphatic carbocycles. The molecule has 8 heteroatoms. The minimum absolute atomic E-state index is 0.124. The van der Waals surface area contributed by atoms with Gasteiger partial charge in [0.05, 0.1) is 52.9 Å². The number of ether oxygens (including phenoxy) is 4. The SMILES string of the molecule is C1COCCO1.C1COCCO1.CC12CCC(C)(c3cc(O)c(O)cc31)c1cc(O)c(O)cc12. The molecule has 34 heavy (non-hydrogen) atoms. The van der Waals surface area contributed by atoms with Crippen molar-refractivity contribution in [1.82, 2.24) is 0 Å². The average Bonchev–Trinajstić information content (AvgIpc) is 2.86. The molecule has 2 saturated heterocycles. The van der Waals surface area contributed by atoms with Crippen LogP contribution in [0.15, 0.2) is 24.3 Å². The predicted molar refractivity (Wildman–Crippen MR) is 125 cm³/mol. The van der Waals surface area contributed by atoms with E-state index < -0.39 is 0 Å². The smallest absolute Gasteiger partial charge is 0.157 e. The van der Waals surface area contributed by atoms with Gasteiger partial charge in [0.15, 0.2) is 23.0 Å². The van der Waals surface area contributed by atoms with Crippen molar-refractivity contribution in [2.75, 3.05) is 52.9 Å². The Labute approximate surface area is 199 Å². The lowest BCUT2D eigenvalue weighted by atomic mass is 9.50. The number of hydrogen-bond acceptors (Lipinski definition) is 8. The molecule has 0 radical (unpaired) electrons. The molecular formula is C26H34O8. The lowest BCUT2D eigenvalue weighted by Gasteiger charge is -2.53. The lowest BCUT2D eigenvalue weighted by Crippen LogP contribution is -2.46. The number of benzene rings is 2. The lowest BCUT2D eigenvalue weighted by molar-refractivity contribution is -0.0334. The third-order valence-electron chi connectivity index (χ3n) is 7.22. The molecule has 2 fully saturated rings. The Morgan fingerprint density at radius 3 is 0.853 bits per heavy atom. The Balaban J connectivity index is 0.000000186. The van der Waals surface area contributed by atoms with Gasteiger partial charge in [0.25, 0.3) is 0 Å². The van der Waals surface area contributed by atoms with Crippen molar-refractivity contribution in [1.29, 1.82) is 0 Å². The van der Waals surface area contributed by atoms with Crippen molar-refractivity contribution in [3.8, 4) is 23.0 Å². The summed E-state index contributed by atoms with van der Waals surface area (Å²) in [6.45, 7) is 10.4. The summed E-state index contributed by atoms with van der Waals surface area (Å²) in [5, 5.41) is 39.6. The van der Waals surface area contributed by atoms with Gasteiger partial charge >= 0.3 is 0 Å². The van der Waals surface area contributed by atoms with Crippen molar-refractivity contribution in [2.45, 2.75) is 37.5 Å². The molecule has 8 nitrogen and oxygen atoms in total. The van der Waals surface area contributed by atoms with E-state index in [1.165, 1.54) is 0 Å². The zero-order valence-corrected chi connectivity index (χ0v) is 19.8. The van der Waals surface area contributed by atoms with Crippen LogP contribution in [0.1, 0.15) is 48.9 Å². The van der Waals surface area contributed by atoms with Gasteiger partial charge < -0.3 is 39.4 Å². The van der Waals surface area contributed by atoms with Crippen LogP contribution in [-0.4, -0.2) is 73.3 Å². The van der Waals surface area contributed by atoms with E-state index in [1.54, 1.807) is 24.3 Å². The maximum atomic E-state index is 9.91. The van der Waals surface area contributed by atoms with Crippen molar-refractivity contribution in [3.05, 3.63) is 46.5 Å². The quantitative estimate of drug-likeness (QED) is 0.430. The van der Waals surface area contributed by atoms with Gasteiger partial charge in [0.2, 0.25) is 0 Å². The minimum atomic E-state index is -0.348. The molecule has 0 spiro atoms. The average molecular weight is 475 g/mol. The van der Waals surface area contributed by atoms with Crippen LogP contribution < -0.4 is 0 Å². The van der Waals surface area contributed by atoms with E-state index in [9.17, 15) is 20.4 Å². The van der Waals surface area contributed by atoms with E-state index in [0.29, 0.717) is 0 Å². The van der Waals surface area contributed by atoms with Gasteiger partial charge in [-0.3, -0.25) is 0 Å². The van der Waals surface area contributed by atoms with Gasteiger partial charge in [-0.2, -0.15) is 0 Å². The fraction of sp³-hybridized carbons (Fsp3) is 0.538. The Bertz CT molecular complexity index is 848. The summed E-state index contributed by atoms with van der Waals surface area (Å²) in [4.78, 5) is 0. The van der Waals surface area contributed by atoms with E-state index in [4.69, 9.17) is 18.9 Å². The molecule has 0 saturated carbocycles. The van der Waals surface area contributed by atoms with E-state index >= 15 is 0 Å². The van der Waals surface area contributed by atoms with Crippen molar-refractivity contribution in [3.63, 3.8) is 0 Å². The fourth-order valence-electron chi connectivity index (χ4n) is 5.19. The third kappa shape index (κ3) is 4.55. The zero-order chi connectivity index (χ0) is 24.3. The Morgan fingerprint density at radius 2 is 0.676 bits per heavy atom. The normalized spacial score (nSPS) is 26.8. The second-order valence-corrected chi connectivity index (χ2v) is 9.39. The molecule has 0 amide bonds. The van der Waals surface area contributed by atoms with Gasteiger partial charge in [-0.05, 0) is 59.4 Å². The number of phenols is 4. The molecule has 0 atom stereocenters. The predicted octanol–water partition coefficient (Wildman–Crippen LogP) is 3.29. The minimum Gasteiger partial charge on any atom is -0.504 e. The number of phenolic OH excluding ortho intramolecular Hbond substituents is 4. The highest BCUT2D eigenvalue weighted by Gasteiger charge is 2.52. The van der Waals surface area contributed by atoms with Gasteiger partial charge in [0, 0.05) is 10.8 Å². The molecular weight excluding hydrogens is 440 g/mol. The van der Waals surface area contributed by atoms with Crippen LogP contribution in [-0.2, 0) is 29.8 Å². The Morgan fingerprint density at radius 1 is 0.471 bits per heavy atom. The largest absolute Gasteiger partial charge is 0.504 e. The highest BCUT2D eigenvalue weighted by molar-refractivity contribution is 5.67. The highest BCUT2D eigenvalue weighted by atomic mass is 16.6. The summed E-state index contributed by atoms with van der Waals surface area (Å²) >= 11 is 0. The van der Waals surface area contributed by atoms with Gasteiger partial charge in [-0.1, -0.05) is 13.8 Å². The van der Waals surface area contributed by atoms with Gasteiger partial charge in [-0.25, -0.2) is 0 Å². The fourth-order valence-corrected chi connectivity index (χ4v) is 5.19. The number of hydrogen-bond donors (Lipinski definition) is 4. The van der Waals surface area contributed by atoms with Crippen LogP contribution in [0.2, 0.25) is 0 Å². The second kappa shape index (κ2) is 10.00. The molecule has 5 aliphatic rings. The maximum absolute atomic E-state index is 9.91. The van der Waals surface area contributed by atoms with Gasteiger partial charge in [-0.15, -0.1) is 0 Å².